The highest BCUT2D eigenvalue weighted by Gasteiger charge is 2.35. The Kier molecular flexibility index (Phi) is 5.92. The van der Waals surface area contributed by atoms with E-state index in [0.29, 0.717) is 35.5 Å². The van der Waals surface area contributed by atoms with E-state index in [2.05, 4.69) is 9.24 Å². The monoisotopic (exact) mass is 392 g/mol. The molecule has 3 rings (SSSR count). The molecule has 144 valence electrons. The van der Waals surface area contributed by atoms with Gasteiger partial charge in [-0.05, 0) is 23.5 Å². The first kappa shape index (κ1) is 19.5. The van der Waals surface area contributed by atoms with Gasteiger partial charge in [0, 0.05) is 50.4 Å². The van der Waals surface area contributed by atoms with Crippen LogP contribution in [0.2, 0.25) is 0 Å². The molecule has 8 heteroatoms. The van der Waals surface area contributed by atoms with E-state index in [4.69, 9.17) is 9.47 Å². The van der Waals surface area contributed by atoms with Gasteiger partial charge in [0.05, 0.1) is 13.7 Å². The Labute approximate surface area is 159 Å². The average molecular weight is 392 g/mol. The third-order valence-electron chi connectivity index (χ3n) is 4.73. The summed E-state index contributed by atoms with van der Waals surface area (Å²) >= 11 is 0. The molecule has 1 aromatic carbocycles. The third kappa shape index (κ3) is 3.89. The van der Waals surface area contributed by atoms with Crippen molar-refractivity contribution in [2.75, 3.05) is 32.3 Å². The van der Waals surface area contributed by atoms with Gasteiger partial charge in [0.15, 0.2) is 0 Å². The summed E-state index contributed by atoms with van der Waals surface area (Å²) in [6.45, 7) is 1.05. The Hall–Kier alpha value is -2.24. The average Bonchev–Trinajstić information content (AvgIpc) is 3.01. The zero-order valence-corrected chi connectivity index (χ0v) is 16.4. The second kappa shape index (κ2) is 8.19. The Morgan fingerprint density at radius 1 is 1.30 bits per heavy atom. The van der Waals surface area contributed by atoms with Gasteiger partial charge in [0.25, 0.3) is 5.56 Å². The normalized spacial score (nSPS) is 16.8. The van der Waals surface area contributed by atoms with E-state index in [1.165, 1.54) is 22.6 Å². The number of nitrogens with zero attached hydrogens (tertiary/aromatic N) is 2. The van der Waals surface area contributed by atoms with Crippen LogP contribution in [0.1, 0.15) is 17.9 Å². The van der Waals surface area contributed by atoms with Crippen molar-refractivity contribution in [2.45, 2.75) is 18.9 Å². The Morgan fingerprint density at radius 2 is 2.07 bits per heavy atom. The fraction of sp³-hybridized carbons (Fsp3) is 0.368. The molecular formula is C19H22FN2O4P. The molecular weight excluding hydrogens is 370 g/mol. The van der Waals surface area contributed by atoms with E-state index in [1.54, 1.807) is 31.5 Å². The van der Waals surface area contributed by atoms with Gasteiger partial charge in [-0.1, -0.05) is 0 Å². The number of benzene rings is 1. The maximum atomic E-state index is 14.6. The van der Waals surface area contributed by atoms with Crippen LogP contribution in [0.25, 0.3) is 0 Å². The molecule has 1 aliphatic heterocycles. The summed E-state index contributed by atoms with van der Waals surface area (Å²) in [7, 11) is 5.54. The minimum absolute atomic E-state index is 0.150. The molecule has 2 aromatic rings. The minimum Gasteiger partial charge on any atom is -0.497 e. The van der Waals surface area contributed by atoms with Crippen LogP contribution in [-0.2, 0) is 16.1 Å². The number of hydrogen-bond acceptors (Lipinski definition) is 4. The molecule has 0 N–H and O–H groups in total. The minimum atomic E-state index is -0.412. The molecule has 6 nitrogen and oxygen atoms in total. The number of methoxy groups -OCH3 is 2. The number of amides is 1. The maximum Gasteiger partial charge on any atom is 0.274 e. The van der Waals surface area contributed by atoms with Gasteiger partial charge in [-0.15, -0.1) is 9.24 Å². The summed E-state index contributed by atoms with van der Waals surface area (Å²) in [5.41, 5.74) is 0.512. The van der Waals surface area contributed by atoms with Crippen molar-refractivity contribution < 1.29 is 18.7 Å². The van der Waals surface area contributed by atoms with Gasteiger partial charge in [0.2, 0.25) is 5.91 Å². The summed E-state index contributed by atoms with van der Waals surface area (Å²) in [6, 6.07) is 6.38. The SMILES string of the molecule is COCCn1cccc(N2C[C@@H](c3c(F)cc(OC)cc3P)CC2=O)c1=O. The molecule has 1 unspecified atom stereocenters. The molecule has 0 aliphatic carbocycles. The highest BCUT2D eigenvalue weighted by molar-refractivity contribution is 7.27. The molecule has 1 saturated heterocycles. The number of hydrogen-bond donors (Lipinski definition) is 0. The topological polar surface area (TPSA) is 60.8 Å². The number of carbonyl (C=O) groups is 1. The van der Waals surface area contributed by atoms with Crippen LogP contribution < -0.4 is 20.5 Å². The fourth-order valence-corrected chi connectivity index (χ4v) is 3.93. The van der Waals surface area contributed by atoms with Crippen molar-refractivity contribution in [1.29, 1.82) is 0 Å². The summed E-state index contributed by atoms with van der Waals surface area (Å²) in [6.07, 6.45) is 1.81. The van der Waals surface area contributed by atoms with Gasteiger partial charge in [-0.2, -0.15) is 0 Å². The molecule has 2 heterocycles. The first-order chi connectivity index (χ1) is 13.0. The van der Waals surface area contributed by atoms with Crippen LogP contribution >= 0.6 is 9.24 Å². The van der Waals surface area contributed by atoms with Crippen molar-refractivity contribution in [1.82, 2.24) is 4.57 Å². The van der Waals surface area contributed by atoms with Crippen molar-refractivity contribution >= 4 is 26.1 Å². The summed E-state index contributed by atoms with van der Waals surface area (Å²) in [5, 5.41) is 0.650. The van der Waals surface area contributed by atoms with Crippen molar-refractivity contribution in [3.63, 3.8) is 0 Å². The summed E-state index contributed by atoms with van der Waals surface area (Å²) < 4.78 is 26.2. The highest BCUT2D eigenvalue weighted by atomic mass is 31.0. The van der Waals surface area contributed by atoms with Crippen LogP contribution in [-0.4, -0.2) is 37.8 Å². The molecule has 0 radical (unpaired) electrons. The molecule has 0 spiro atoms. The molecule has 1 aromatic heterocycles. The standard InChI is InChI=1S/C19H22FN2O4P/c1-25-7-6-21-5-3-4-15(19(21)24)22-11-12(8-17(22)23)18-14(20)9-13(26-2)10-16(18)27/h3-5,9-10,12H,6-8,11,27H2,1-2H3/t12-/m0/s1. The molecule has 1 fully saturated rings. The molecule has 0 bridgehead atoms. The van der Waals surface area contributed by atoms with Crippen LogP contribution in [0.3, 0.4) is 0 Å². The number of rotatable bonds is 6. The highest BCUT2D eigenvalue weighted by Crippen LogP contribution is 2.33. The predicted octanol–water partition coefficient (Wildman–Crippen LogP) is 1.66. The van der Waals surface area contributed by atoms with Crippen LogP contribution in [0.4, 0.5) is 10.1 Å². The number of pyridine rings is 1. The van der Waals surface area contributed by atoms with Gasteiger partial charge < -0.3 is 18.9 Å². The predicted molar refractivity (Wildman–Crippen MR) is 105 cm³/mol. The molecule has 0 saturated carbocycles. The number of halogens is 1. The summed E-state index contributed by atoms with van der Waals surface area (Å²) in [5.74, 6) is -0.514. The van der Waals surface area contributed by atoms with E-state index in [9.17, 15) is 14.0 Å². The zero-order valence-electron chi connectivity index (χ0n) is 15.3. The van der Waals surface area contributed by atoms with Crippen molar-refractivity contribution in [2.24, 2.45) is 0 Å². The van der Waals surface area contributed by atoms with Gasteiger partial charge in [0.1, 0.15) is 17.3 Å². The lowest BCUT2D eigenvalue weighted by atomic mass is 9.97. The Morgan fingerprint density at radius 3 is 2.74 bits per heavy atom. The van der Waals surface area contributed by atoms with Crippen molar-refractivity contribution in [3.05, 3.63) is 52.2 Å². The van der Waals surface area contributed by atoms with Gasteiger partial charge in [-0.3, -0.25) is 9.59 Å². The first-order valence-corrected chi connectivity index (χ1v) is 9.15. The zero-order chi connectivity index (χ0) is 19.6. The number of ether oxygens (including phenoxy) is 2. The fourth-order valence-electron chi connectivity index (χ4n) is 3.39. The van der Waals surface area contributed by atoms with Crippen molar-refractivity contribution in [3.8, 4) is 5.75 Å². The second-order valence-electron chi connectivity index (χ2n) is 6.40. The lowest BCUT2D eigenvalue weighted by Gasteiger charge is -2.19. The van der Waals surface area contributed by atoms with E-state index >= 15 is 0 Å². The molecule has 1 aliphatic rings. The number of carbonyl (C=O) groups excluding carboxylic acids is 1. The number of anilines is 1. The lowest BCUT2D eigenvalue weighted by molar-refractivity contribution is -0.117. The van der Waals surface area contributed by atoms with Crippen LogP contribution in [0.15, 0.2) is 35.3 Å². The quantitative estimate of drug-likeness (QED) is 0.702. The summed E-state index contributed by atoms with van der Waals surface area (Å²) in [4.78, 5) is 26.7. The smallest absolute Gasteiger partial charge is 0.274 e. The third-order valence-corrected chi connectivity index (χ3v) is 5.21. The molecule has 27 heavy (non-hydrogen) atoms. The largest absolute Gasteiger partial charge is 0.497 e. The Bertz CT molecular complexity index is 892. The second-order valence-corrected chi connectivity index (χ2v) is 7.02. The Balaban J connectivity index is 1.90. The van der Waals surface area contributed by atoms with Gasteiger partial charge in [-0.25, -0.2) is 4.39 Å². The van der Waals surface area contributed by atoms with Crippen LogP contribution in [0.5, 0.6) is 5.75 Å². The van der Waals surface area contributed by atoms with E-state index < -0.39 is 5.82 Å². The van der Waals surface area contributed by atoms with E-state index in [1.807, 2.05) is 0 Å². The van der Waals surface area contributed by atoms with E-state index in [0.717, 1.165) is 0 Å². The molecule has 2 atom stereocenters. The first-order valence-electron chi connectivity index (χ1n) is 8.58. The van der Waals surface area contributed by atoms with E-state index in [-0.39, 0.29) is 30.3 Å². The van der Waals surface area contributed by atoms with Crippen LogP contribution in [0, 0.1) is 5.82 Å². The maximum absolute atomic E-state index is 14.6. The lowest BCUT2D eigenvalue weighted by Crippen LogP contribution is -2.33. The van der Waals surface area contributed by atoms with Gasteiger partial charge >= 0.3 is 0 Å². The molecule has 1 amide bonds. The number of aromatic nitrogens is 1.